The van der Waals surface area contributed by atoms with Gasteiger partial charge < -0.3 is 4.90 Å². The molecule has 2 aromatic rings. The summed E-state index contributed by atoms with van der Waals surface area (Å²) >= 11 is 0. The number of hydrogen-bond acceptors (Lipinski definition) is 4. The van der Waals surface area contributed by atoms with E-state index >= 15 is 0 Å². The van der Waals surface area contributed by atoms with Crippen LogP contribution in [0.25, 0.3) is 0 Å². The first-order valence-corrected chi connectivity index (χ1v) is 8.19. The number of piperidine rings is 1. The summed E-state index contributed by atoms with van der Waals surface area (Å²) < 4.78 is 1.84. The van der Waals surface area contributed by atoms with Gasteiger partial charge in [0, 0.05) is 50.1 Å². The second kappa shape index (κ2) is 6.89. The summed E-state index contributed by atoms with van der Waals surface area (Å²) in [7, 11) is 0. The fourth-order valence-corrected chi connectivity index (χ4v) is 3.10. The molecule has 1 amide bonds. The van der Waals surface area contributed by atoms with Gasteiger partial charge in [0.05, 0.1) is 5.69 Å². The highest BCUT2D eigenvalue weighted by molar-refractivity contribution is 5.76. The number of aryl methyl sites for hydroxylation is 3. The Hall–Kier alpha value is -2.24. The van der Waals surface area contributed by atoms with Crippen molar-refractivity contribution in [3.63, 3.8) is 0 Å². The monoisotopic (exact) mass is 313 g/mol. The summed E-state index contributed by atoms with van der Waals surface area (Å²) in [5, 5.41) is 4.33. The smallest absolute Gasteiger partial charge is 0.224 e. The van der Waals surface area contributed by atoms with Gasteiger partial charge in [0.1, 0.15) is 5.82 Å². The van der Waals surface area contributed by atoms with E-state index in [-0.39, 0.29) is 5.91 Å². The van der Waals surface area contributed by atoms with E-state index in [4.69, 9.17) is 0 Å². The van der Waals surface area contributed by atoms with Crippen LogP contribution in [0.15, 0.2) is 24.5 Å². The van der Waals surface area contributed by atoms with E-state index in [1.807, 2.05) is 41.8 Å². The molecule has 0 radical (unpaired) electrons. The summed E-state index contributed by atoms with van der Waals surface area (Å²) in [6, 6.07) is 3.93. The van der Waals surface area contributed by atoms with Crippen molar-refractivity contribution in [3.05, 3.63) is 41.7 Å². The Labute approximate surface area is 136 Å². The third-order valence-corrected chi connectivity index (χ3v) is 4.32. The maximum absolute atomic E-state index is 12.5. The number of nitrogens with zero attached hydrogens (tertiary/aromatic N) is 5. The van der Waals surface area contributed by atoms with E-state index in [1.165, 1.54) is 0 Å². The van der Waals surface area contributed by atoms with Crippen LogP contribution in [0.5, 0.6) is 0 Å². The molecule has 1 aliphatic rings. The lowest BCUT2D eigenvalue weighted by molar-refractivity contribution is -0.132. The van der Waals surface area contributed by atoms with Crippen molar-refractivity contribution in [2.75, 3.05) is 13.1 Å². The highest BCUT2D eigenvalue weighted by Crippen LogP contribution is 2.25. The van der Waals surface area contributed by atoms with Crippen molar-refractivity contribution in [1.82, 2.24) is 24.6 Å². The fourth-order valence-electron chi connectivity index (χ4n) is 3.10. The lowest BCUT2D eigenvalue weighted by Gasteiger charge is -2.32. The molecule has 0 spiro atoms. The third-order valence-electron chi connectivity index (χ3n) is 4.32. The molecule has 6 nitrogen and oxygen atoms in total. The maximum atomic E-state index is 12.5. The maximum Gasteiger partial charge on any atom is 0.224 e. The minimum Gasteiger partial charge on any atom is -0.342 e. The fraction of sp³-hybridized carbons (Fsp3) is 0.529. The number of likely N-dealkylation sites (tertiary alicyclic amines) is 1. The predicted molar refractivity (Wildman–Crippen MR) is 86.9 cm³/mol. The van der Waals surface area contributed by atoms with Crippen LogP contribution in [0.4, 0.5) is 0 Å². The van der Waals surface area contributed by atoms with Gasteiger partial charge >= 0.3 is 0 Å². The Morgan fingerprint density at radius 3 is 2.96 bits per heavy atom. The molecule has 0 saturated carbocycles. The molecular weight excluding hydrogens is 290 g/mol. The molecule has 0 N–H and O–H groups in total. The average molecular weight is 313 g/mol. The molecular formula is C17H23N5O. The molecule has 2 aromatic heterocycles. The number of carbonyl (C=O) groups is 1. The zero-order chi connectivity index (χ0) is 16.2. The Morgan fingerprint density at radius 2 is 2.22 bits per heavy atom. The van der Waals surface area contributed by atoms with Gasteiger partial charge in [-0.05, 0) is 38.8 Å². The molecule has 122 valence electrons. The molecule has 0 aromatic carbocycles. The van der Waals surface area contributed by atoms with Crippen molar-refractivity contribution in [3.8, 4) is 0 Å². The van der Waals surface area contributed by atoms with Crippen LogP contribution in [0.3, 0.4) is 0 Å². The number of carbonyl (C=O) groups excluding carboxylic acids is 1. The third kappa shape index (κ3) is 3.94. The quantitative estimate of drug-likeness (QED) is 0.867. The summed E-state index contributed by atoms with van der Waals surface area (Å²) in [6.45, 7) is 6.10. The van der Waals surface area contributed by atoms with Crippen molar-refractivity contribution < 1.29 is 4.79 Å². The molecule has 1 atom stereocenters. The number of hydrogen-bond donors (Lipinski definition) is 0. The van der Waals surface area contributed by atoms with Crippen molar-refractivity contribution in [2.45, 2.75) is 45.6 Å². The van der Waals surface area contributed by atoms with E-state index in [0.29, 0.717) is 18.9 Å². The Bertz CT molecular complexity index is 681. The predicted octanol–water partition coefficient (Wildman–Crippen LogP) is 2.09. The molecule has 3 rings (SSSR count). The van der Waals surface area contributed by atoms with Crippen molar-refractivity contribution >= 4 is 5.91 Å². The van der Waals surface area contributed by atoms with Gasteiger partial charge in [-0.25, -0.2) is 9.97 Å². The van der Waals surface area contributed by atoms with Gasteiger partial charge in [0.25, 0.3) is 0 Å². The van der Waals surface area contributed by atoms with Gasteiger partial charge in [-0.3, -0.25) is 9.48 Å². The van der Waals surface area contributed by atoms with Crippen molar-refractivity contribution in [1.29, 1.82) is 0 Å². The van der Waals surface area contributed by atoms with Gasteiger partial charge in [-0.1, -0.05) is 0 Å². The Kier molecular flexibility index (Phi) is 4.69. The van der Waals surface area contributed by atoms with Crippen LogP contribution in [-0.4, -0.2) is 43.6 Å². The normalized spacial score (nSPS) is 18.2. The molecule has 1 aliphatic heterocycles. The van der Waals surface area contributed by atoms with E-state index in [2.05, 4.69) is 15.1 Å². The van der Waals surface area contributed by atoms with E-state index in [0.717, 1.165) is 43.1 Å². The summed E-state index contributed by atoms with van der Waals surface area (Å²) in [6.07, 6.45) is 6.33. The average Bonchev–Trinajstić information content (AvgIpc) is 2.98. The minimum atomic E-state index is 0.202. The highest BCUT2D eigenvalue weighted by atomic mass is 16.2. The first-order valence-electron chi connectivity index (χ1n) is 8.19. The summed E-state index contributed by atoms with van der Waals surface area (Å²) in [5.74, 6) is 1.31. The van der Waals surface area contributed by atoms with E-state index in [9.17, 15) is 4.79 Å². The Morgan fingerprint density at radius 1 is 1.35 bits per heavy atom. The summed E-state index contributed by atoms with van der Waals surface area (Å²) in [4.78, 5) is 23.1. The van der Waals surface area contributed by atoms with Crippen LogP contribution < -0.4 is 0 Å². The standard InChI is InChI=1S/C17H23N5O/c1-13-6-10-22(20-13)11-7-17(23)21-9-3-4-15(12-21)16-5-8-18-14(2)19-16/h5-6,8,10,15H,3-4,7,9,11-12H2,1-2H3/t15-/m0/s1. The molecule has 0 bridgehead atoms. The molecule has 6 heteroatoms. The number of amides is 1. The zero-order valence-corrected chi connectivity index (χ0v) is 13.8. The van der Waals surface area contributed by atoms with E-state index in [1.54, 1.807) is 6.20 Å². The second-order valence-electron chi connectivity index (χ2n) is 6.18. The van der Waals surface area contributed by atoms with Gasteiger partial charge in [0.2, 0.25) is 5.91 Å². The highest BCUT2D eigenvalue weighted by Gasteiger charge is 2.25. The minimum absolute atomic E-state index is 0.202. The van der Waals surface area contributed by atoms with Gasteiger partial charge in [0.15, 0.2) is 0 Å². The van der Waals surface area contributed by atoms with Crippen LogP contribution in [0, 0.1) is 13.8 Å². The van der Waals surface area contributed by atoms with Crippen LogP contribution in [0.2, 0.25) is 0 Å². The van der Waals surface area contributed by atoms with Crippen LogP contribution in [-0.2, 0) is 11.3 Å². The molecule has 3 heterocycles. The lowest BCUT2D eigenvalue weighted by Crippen LogP contribution is -2.39. The van der Waals surface area contributed by atoms with E-state index < -0.39 is 0 Å². The molecule has 23 heavy (non-hydrogen) atoms. The van der Waals surface area contributed by atoms with Gasteiger partial charge in [-0.15, -0.1) is 0 Å². The van der Waals surface area contributed by atoms with Crippen LogP contribution in [0.1, 0.15) is 42.4 Å². The first-order chi connectivity index (χ1) is 11.1. The largest absolute Gasteiger partial charge is 0.342 e. The lowest BCUT2D eigenvalue weighted by atomic mass is 9.94. The van der Waals surface area contributed by atoms with Crippen molar-refractivity contribution in [2.24, 2.45) is 0 Å². The number of aromatic nitrogens is 4. The molecule has 0 aliphatic carbocycles. The first kappa shape index (κ1) is 15.6. The zero-order valence-electron chi connectivity index (χ0n) is 13.8. The number of rotatable bonds is 4. The SMILES string of the molecule is Cc1ccn(CCC(=O)N2CCC[C@H](c3ccnc(C)n3)C2)n1. The molecule has 1 fully saturated rings. The Balaban J connectivity index is 1.58. The van der Waals surface area contributed by atoms with Gasteiger partial charge in [-0.2, -0.15) is 5.10 Å². The summed E-state index contributed by atoms with van der Waals surface area (Å²) in [5.41, 5.74) is 2.03. The molecule has 0 unspecified atom stereocenters. The molecule has 1 saturated heterocycles. The second-order valence-corrected chi connectivity index (χ2v) is 6.18. The topological polar surface area (TPSA) is 63.9 Å². The van der Waals surface area contributed by atoms with Crippen LogP contribution >= 0.6 is 0 Å².